The van der Waals surface area contributed by atoms with Gasteiger partial charge in [0.05, 0.1) is 0 Å². The molecule has 0 amide bonds. The van der Waals surface area contributed by atoms with Gasteiger partial charge in [-0.05, 0) is 38.4 Å². The Labute approximate surface area is 127 Å². The van der Waals surface area contributed by atoms with Crippen LogP contribution in [0.3, 0.4) is 0 Å². The predicted octanol–water partition coefficient (Wildman–Crippen LogP) is 2.75. The summed E-state index contributed by atoms with van der Waals surface area (Å²) < 4.78 is 0. The number of piperidine rings is 1. The minimum atomic E-state index is 0.364. The lowest BCUT2D eigenvalue weighted by Crippen LogP contribution is -2.52. The van der Waals surface area contributed by atoms with Crippen molar-refractivity contribution in [3.63, 3.8) is 0 Å². The summed E-state index contributed by atoms with van der Waals surface area (Å²) in [5.74, 6) is 2.59. The van der Waals surface area contributed by atoms with Crippen LogP contribution in [0.2, 0.25) is 0 Å². The van der Waals surface area contributed by atoms with Crippen LogP contribution >= 0.6 is 11.8 Å². The molecule has 2 fully saturated rings. The van der Waals surface area contributed by atoms with Crippen molar-refractivity contribution in [3.8, 4) is 0 Å². The van der Waals surface area contributed by atoms with Gasteiger partial charge < -0.3 is 5.32 Å². The molecule has 2 nitrogen and oxygen atoms in total. The number of hydrogen-bond donors (Lipinski definition) is 1. The summed E-state index contributed by atoms with van der Waals surface area (Å²) in [7, 11) is 0. The zero-order chi connectivity index (χ0) is 13.8. The Balaban J connectivity index is 1.82. The van der Waals surface area contributed by atoms with Gasteiger partial charge in [-0.3, -0.25) is 4.90 Å². The van der Waals surface area contributed by atoms with Crippen molar-refractivity contribution in [1.82, 2.24) is 10.2 Å². The van der Waals surface area contributed by atoms with E-state index in [1.54, 1.807) is 5.56 Å². The second-order valence-corrected chi connectivity index (χ2v) is 7.44. The Hall–Kier alpha value is -0.510. The lowest BCUT2D eigenvalue weighted by molar-refractivity contribution is 0.150. The van der Waals surface area contributed by atoms with Gasteiger partial charge in [-0.1, -0.05) is 30.3 Å². The topological polar surface area (TPSA) is 15.3 Å². The quantitative estimate of drug-likeness (QED) is 0.921. The average molecular weight is 290 g/mol. The van der Waals surface area contributed by atoms with Crippen molar-refractivity contribution in [2.45, 2.75) is 31.2 Å². The van der Waals surface area contributed by atoms with Gasteiger partial charge in [0.15, 0.2) is 0 Å². The van der Waals surface area contributed by atoms with Crippen LogP contribution in [-0.4, -0.2) is 48.6 Å². The van der Waals surface area contributed by atoms with Crippen LogP contribution in [0.1, 0.15) is 25.3 Å². The molecule has 0 aliphatic carbocycles. The van der Waals surface area contributed by atoms with Gasteiger partial charge in [-0.2, -0.15) is 11.8 Å². The van der Waals surface area contributed by atoms with Crippen molar-refractivity contribution in [2.24, 2.45) is 0 Å². The van der Waals surface area contributed by atoms with Crippen LogP contribution in [0.4, 0.5) is 0 Å². The van der Waals surface area contributed by atoms with E-state index >= 15 is 0 Å². The molecule has 0 spiro atoms. The highest BCUT2D eigenvalue weighted by molar-refractivity contribution is 7.99. The first-order chi connectivity index (χ1) is 9.80. The maximum absolute atomic E-state index is 3.54. The van der Waals surface area contributed by atoms with Crippen LogP contribution in [0.15, 0.2) is 30.3 Å². The minimum absolute atomic E-state index is 0.364. The van der Waals surface area contributed by atoms with E-state index in [4.69, 9.17) is 0 Å². The summed E-state index contributed by atoms with van der Waals surface area (Å²) in [6.07, 6.45) is 2.54. The van der Waals surface area contributed by atoms with Gasteiger partial charge in [-0.25, -0.2) is 0 Å². The molecule has 1 aromatic carbocycles. The number of rotatable bonds is 3. The molecule has 0 saturated carbocycles. The molecule has 1 unspecified atom stereocenters. The average Bonchev–Trinajstić information content (AvgIpc) is 2.52. The summed E-state index contributed by atoms with van der Waals surface area (Å²) in [5, 5.41) is 3.54. The maximum atomic E-state index is 3.54. The molecule has 0 radical (unpaired) electrons. The van der Waals surface area contributed by atoms with Crippen LogP contribution in [0.5, 0.6) is 0 Å². The Kier molecular flexibility index (Phi) is 4.69. The molecule has 2 saturated heterocycles. The fraction of sp³-hybridized carbons (Fsp3) is 0.647. The van der Waals surface area contributed by atoms with Crippen LogP contribution in [-0.2, 0) is 5.41 Å². The first kappa shape index (κ1) is 14.4. The van der Waals surface area contributed by atoms with Crippen LogP contribution in [0.25, 0.3) is 0 Å². The largest absolute Gasteiger partial charge is 0.317 e. The van der Waals surface area contributed by atoms with E-state index in [2.05, 4.69) is 59.2 Å². The molecule has 0 bridgehead atoms. The summed E-state index contributed by atoms with van der Waals surface area (Å²) in [6.45, 7) is 7.21. The highest BCUT2D eigenvalue weighted by Crippen LogP contribution is 2.35. The Morgan fingerprint density at radius 2 is 2.00 bits per heavy atom. The van der Waals surface area contributed by atoms with Crippen molar-refractivity contribution >= 4 is 11.8 Å². The molecule has 1 atom stereocenters. The maximum Gasteiger partial charge on any atom is 0.0158 e. The monoisotopic (exact) mass is 290 g/mol. The van der Waals surface area contributed by atoms with Crippen LogP contribution < -0.4 is 5.32 Å². The highest BCUT2D eigenvalue weighted by atomic mass is 32.2. The standard InChI is InChI=1S/C17H26N2S/c1-15-13-20-12-11-19(15)14-17(7-9-18-10-8-17)16-5-3-2-4-6-16/h2-6,15,18H,7-14H2,1H3. The normalized spacial score (nSPS) is 27.4. The smallest absolute Gasteiger partial charge is 0.0158 e. The van der Waals surface area contributed by atoms with E-state index in [1.165, 1.54) is 37.4 Å². The highest BCUT2D eigenvalue weighted by Gasteiger charge is 2.37. The number of nitrogens with zero attached hydrogens (tertiary/aromatic N) is 1. The van der Waals surface area contributed by atoms with Gasteiger partial charge in [0.25, 0.3) is 0 Å². The predicted molar refractivity (Wildman–Crippen MR) is 88.6 cm³/mol. The Morgan fingerprint density at radius 3 is 2.70 bits per heavy atom. The zero-order valence-corrected chi connectivity index (χ0v) is 13.3. The second kappa shape index (κ2) is 6.50. The van der Waals surface area contributed by atoms with Gasteiger partial charge in [0, 0.05) is 36.1 Å². The van der Waals surface area contributed by atoms with Gasteiger partial charge in [0.2, 0.25) is 0 Å². The van der Waals surface area contributed by atoms with Crippen LogP contribution in [0, 0.1) is 0 Å². The second-order valence-electron chi connectivity index (χ2n) is 6.29. The van der Waals surface area contributed by atoms with Crippen molar-refractivity contribution in [3.05, 3.63) is 35.9 Å². The van der Waals surface area contributed by atoms with E-state index < -0.39 is 0 Å². The molecule has 3 rings (SSSR count). The first-order valence-electron chi connectivity index (χ1n) is 7.88. The number of nitrogens with one attached hydrogen (secondary N) is 1. The fourth-order valence-corrected chi connectivity index (χ4v) is 4.70. The van der Waals surface area contributed by atoms with Gasteiger partial charge in [0.1, 0.15) is 0 Å². The van der Waals surface area contributed by atoms with E-state index in [0.717, 1.165) is 19.1 Å². The van der Waals surface area contributed by atoms with Crippen molar-refractivity contribution in [2.75, 3.05) is 37.7 Å². The van der Waals surface area contributed by atoms with Gasteiger partial charge >= 0.3 is 0 Å². The molecule has 110 valence electrons. The number of benzene rings is 1. The Bertz CT molecular complexity index is 414. The molecule has 2 heterocycles. The molecule has 2 aliphatic heterocycles. The lowest BCUT2D eigenvalue weighted by Gasteiger charge is -2.45. The van der Waals surface area contributed by atoms with Gasteiger partial charge in [-0.15, -0.1) is 0 Å². The fourth-order valence-electron chi connectivity index (χ4n) is 3.62. The number of thioether (sulfide) groups is 1. The van der Waals surface area contributed by atoms with E-state index in [-0.39, 0.29) is 0 Å². The zero-order valence-electron chi connectivity index (χ0n) is 12.5. The summed E-state index contributed by atoms with van der Waals surface area (Å²) in [6, 6.07) is 12.0. The lowest BCUT2D eigenvalue weighted by atomic mass is 9.72. The Morgan fingerprint density at radius 1 is 1.25 bits per heavy atom. The van der Waals surface area contributed by atoms with E-state index in [0.29, 0.717) is 5.41 Å². The minimum Gasteiger partial charge on any atom is -0.317 e. The third-order valence-electron chi connectivity index (χ3n) is 4.96. The molecule has 3 heteroatoms. The number of hydrogen-bond acceptors (Lipinski definition) is 3. The summed E-state index contributed by atoms with van der Waals surface area (Å²) >= 11 is 2.11. The molecular weight excluding hydrogens is 264 g/mol. The summed E-state index contributed by atoms with van der Waals surface area (Å²) in [5.41, 5.74) is 1.91. The third-order valence-corrected chi connectivity index (χ3v) is 6.15. The SMILES string of the molecule is CC1CSCCN1CC1(c2ccccc2)CCNCC1. The van der Waals surface area contributed by atoms with Crippen molar-refractivity contribution in [1.29, 1.82) is 0 Å². The molecule has 1 aromatic rings. The van der Waals surface area contributed by atoms with E-state index in [1.807, 2.05) is 0 Å². The van der Waals surface area contributed by atoms with E-state index in [9.17, 15) is 0 Å². The molecule has 20 heavy (non-hydrogen) atoms. The molecule has 0 aromatic heterocycles. The third kappa shape index (κ3) is 3.05. The molecule has 1 N–H and O–H groups in total. The molecule has 2 aliphatic rings. The first-order valence-corrected chi connectivity index (χ1v) is 9.04. The summed E-state index contributed by atoms with van der Waals surface area (Å²) in [4.78, 5) is 2.73. The molecular formula is C17H26N2S. The van der Waals surface area contributed by atoms with Crippen molar-refractivity contribution < 1.29 is 0 Å².